The van der Waals surface area contributed by atoms with Crippen molar-refractivity contribution in [1.29, 1.82) is 0 Å². The molecule has 0 unspecified atom stereocenters. The summed E-state index contributed by atoms with van der Waals surface area (Å²) in [5.41, 5.74) is 7.60. The summed E-state index contributed by atoms with van der Waals surface area (Å²) in [6.07, 6.45) is 0. The summed E-state index contributed by atoms with van der Waals surface area (Å²) in [4.78, 5) is 11.3. The Morgan fingerprint density at radius 2 is 2.29 bits per heavy atom. The average molecular weight is 193 g/mol. The predicted octanol–water partition coefficient (Wildman–Crippen LogP) is 1.56. The number of rotatable bonds is 3. The normalized spacial score (nSPS) is 12.2. The van der Waals surface area contributed by atoms with Crippen LogP contribution in [0, 0.1) is 6.92 Å². The predicted molar refractivity (Wildman–Crippen MR) is 54.7 cm³/mol. The zero-order chi connectivity index (χ0) is 10.6. The topological polar surface area (TPSA) is 52.3 Å². The van der Waals surface area contributed by atoms with Crippen LogP contribution in [0.5, 0.6) is 0 Å². The highest BCUT2D eigenvalue weighted by molar-refractivity contribution is 5.77. The Morgan fingerprint density at radius 1 is 1.57 bits per heavy atom. The van der Waals surface area contributed by atoms with Crippen LogP contribution in [-0.4, -0.2) is 12.6 Å². The highest BCUT2D eigenvalue weighted by Crippen LogP contribution is 2.13. The van der Waals surface area contributed by atoms with Gasteiger partial charge in [-0.1, -0.05) is 29.8 Å². The number of aryl methyl sites for hydroxylation is 1. The fourth-order valence-electron chi connectivity index (χ4n) is 1.23. The lowest BCUT2D eigenvalue weighted by Crippen LogP contribution is -2.23. The molecule has 1 aromatic carbocycles. The van der Waals surface area contributed by atoms with Crippen LogP contribution in [0.2, 0.25) is 0 Å². The van der Waals surface area contributed by atoms with Gasteiger partial charge in [-0.2, -0.15) is 0 Å². The first-order chi connectivity index (χ1) is 6.65. The van der Waals surface area contributed by atoms with Crippen molar-refractivity contribution in [3.05, 3.63) is 35.4 Å². The molecule has 0 spiro atoms. The maximum atomic E-state index is 11.3. The van der Waals surface area contributed by atoms with Gasteiger partial charge in [-0.15, -0.1) is 0 Å². The average Bonchev–Trinajstić information content (AvgIpc) is 2.17. The van der Waals surface area contributed by atoms with E-state index >= 15 is 0 Å². The van der Waals surface area contributed by atoms with Gasteiger partial charge in [0.15, 0.2) is 0 Å². The lowest BCUT2D eigenvalue weighted by Gasteiger charge is -2.10. The number of benzene rings is 1. The van der Waals surface area contributed by atoms with Crippen molar-refractivity contribution >= 4 is 5.97 Å². The van der Waals surface area contributed by atoms with E-state index in [1.807, 2.05) is 31.2 Å². The minimum atomic E-state index is -0.671. The molecular formula is C11H15NO2. The highest BCUT2D eigenvalue weighted by atomic mass is 16.5. The van der Waals surface area contributed by atoms with Crippen LogP contribution in [0.1, 0.15) is 24.1 Å². The first kappa shape index (κ1) is 10.7. The van der Waals surface area contributed by atoms with Crippen molar-refractivity contribution in [2.75, 3.05) is 6.61 Å². The molecule has 0 bridgehead atoms. The Hall–Kier alpha value is -1.35. The second-order valence-electron chi connectivity index (χ2n) is 3.14. The van der Waals surface area contributed by atoms with Crippen LogP contribution in [0.3, 0.4) is 0 Å². The van der Waals surface area contributed by atoms with Crippen molar-refractivity contribution in [1.82, 2.24) is 0 Å². The van der Waals surface area contributed by atoms with E-state index in [4.69, 9.17) is 10.5 Å². The maximum Gasteiger partial charge on any atom is 0.327 e. The quantitative estimate of drug-likeness (QED) is 0.741. The van der Waals surface area contributed by atoms with Crippen molar-refractivity contribution in [2.24, 2.45) is 5.73 Å². The minimum Gasteiger partial charge on any atom is -0.465 e. The number of carbonyl (C=O) groups excluding carboxylic acids is 1. The largest absolute Gasteiger partial charge is 0.465 e. The third kappa shape index (κ3) is 2.57. The monoisotopic (exact) mass is 193 g/mol. The van der Waals surface area contributed by atoms with Gasteiger partial charge in [-0.25, -0.2) is 4.79 Å². The fraction of sp³-hybridized carbons (Fsp3) is 0.364. The van der Waals surface area contributed by atoms with E-state index in [0.29, 0.717) is 6.61 Å². The molecule has 1 atom stereocenters. The fourth-order valence-corrected chi connectivity index (χ4v) is 1.23. The van der Waals surface area contributed by atoms with Crippen molar-refractivity contribution in [2.45, 2.75) is 19.9 Å². The van der Waals surface area contributed by atoms with Crippen molar-refractivity contribution in [3.63, 3.8) is 0 Å². The standard InChI is InChI=1S/C11H15NO2/c1-3-14-11(13)10(12)9-6-4-5-8(2)7-9/h4-7,10H,3,12H2,1-2H3/t10-/m1/s1. The molecule has 0 fully saturated rings. The highest BCUT2D eigenvalue weighted by Gasteiger charge is 2.16. The van der Waals surface area contributed by atoms with Crippen LogP contribution >= 0.6 is 0 Å². The third-order valence-corrected chi connectivity index (χ3v) is 1.94. The van der Waals surface area contributed by atoms with Gasteiger partial charge in [0.05, 0.1) is 6.61 Å². The summed E-state index contributed by atoms with van der Waals surface area (Å²) in [6.45, 7) is 4.08. The molecule has 0 aliphatic carbocycles. The van der Waals surface area contributed by atoms with Gasteiger partial charge in [0.25, 0.3) is 0 Å². The first-order valence-electron chi connectivity index (χ1n) is 4.64. The Bertz CT molecular complexity index is 323. The SMILES string of the molecule is CCOC(=O)[C@H](N)c1cccc(C)c1. The molecule has 1 aromatic rings. The van der Waals surface area contributed by atoms with E-state index in [1.165, 1.54) is 0 Å². The van der Waals surface area contributed by atoms with E-state index in [9.17, 15) is 4.79 Å². The van der Waals surface area contributed by atoms with Crippen LogP contribution in [0.4, 0.5) is 0 Å². The van der Waals surface area contributed by atoms with Gasteiger partial charge < -0.3 is 10.5 Å². The molecule has 3 heteroatoms. The molecule has 0 aliphatic rings. The lowest BCUT2D eigenvalue weighted by molar-refractivity contribution is -0.144. The lowest BCUT2D eigenvalue weighted by atomic mass is 10.1. The van der Waals surface area contributed by atoms with Crippen LogP contribution in [0.25, 0.3) is 0 Å². The molecule has 2 N–H and O–H groups in total. The van der Waals surface area contributed by atoms with Crippen molar-refractivity contribution < 1.29 is 9.53 Å². The minimum absolute atomic E-state index is 0.359. The van der Waals surface area contributed by atoms with Gasteiger partial charge in [-0.05, 0) is 19.4 Å². The molecule has 0 radical (unpaired) electrons. The molecule has 14 heavy (non-hydrogen) atoms. The number of nitrogens with two attached hydrogens (primary N) is 1. The van der Waals surface area contributed by atoms with Gasteiger partial charge in [0.1, 0.15) is 6.04 Å². The Labute approximate surface area is 83.9 Å². The van der Waals surface area contributed by atoms with Gasteiger partial charge in [-0.3, -0.25) is 0 Å². The van der Waals surface area contributed by atoms with Crippen LogP contribution in [-0.2, 0) is 9.53 Å². The van der Waals surface area contributed by atoms with E-state index in [2.05, 4.69) is 0 Å². The molecular weight excluding hydrogens is 178 g/mol. The number of esters is 1. The Morgan fingerprint density at radius 3 is 2.86 bits per heavy atom. The Balaban J connectivity index is 2.78. The molecule has 0 heterocycles. The molecule has 3 nitrogen and oxygen atoms in total. The molecule has 0 amide bonds. The second-order valence-corrected chi connectivity index (χ2v) is 3.14. The summed E-state index contributed by atoms with van der Waals surface area (Å²) in [5, 5.41) is 0. The van der Waals surface area contributed by atoms with E-state index in [0.717, 1.165) is 11.1 Å². The van der Waals surface area contributed by atoms with Gasteiger partial charge >= 0.3 is 5.97 Å². The van der Waals surface area contributed by atoms with Crippen LogP contribution in [0.15, 0.2) is 24.3 Å². The van der Waals surface area contributed by atoms with Crippen LogP contribution < -0.4 is 5.73 Å². The summed E-state index contributed by atoms with van der Waals surface area (Å²) in [7, 11) is 0. The molecule has 1 rings (SSSR count). The smallest absolute Gasteiger partial charge is 0.327 e. The zero-order valence-electron chi connectivity index (χ0n) is 8.49. The molecule has 0 saturated heterocycles. The van der Waals surface area contributed by atoms with E-state index < -0.39 is 6.04 Å². The molecule has 0 aliphatic heterocycles. The summed E-state index contributed by atoms with van der Waals surface area (Å²) >= 11 is 0. The molecule has 0 aromatic heterocycles. The summed E-state index contributed by atoms with van der Waals surface area (Å²) in [5.74, 6) is -0.377. The number of ether oxygens (including phenoxy) is 1. The van der Waals surface area contributed by atoms with Crippen molar-refractivity contribution in [3.8, 4) is 0 Å². The number of hydrogen-bond acceptors (Lipinski definition) is 3. The summed E-state index contributed by atoms with van der Waals surface area (Å²) < 4.78 is 4.83. The first-order valence-corrected chi connectivity index (χ1v) is 4.64. The number of hydrogen-bond donors (Lipinski definition) is 1. The van der Waals surface area contributed by atoms with Gasteiger partial charge in [0, 0.05) is 0 Å². The molecule has 0 saturated carbocycles. The maximum absolute atomic E-state index is 11.3. The zero-order valence-corrected chi connectivity index (χ0v) is 8.49. The summed E-state index contributed by atoms with van der Waals surface area (Å²) in [6, 6.07) is 6.89. The third-order valence-electron chi connectivity index (χ3n) is 1.94. The number of carbonyl (C=O) groups is 1. The Kier molecular flexibility index (Phi) is 3.65. The molecule has 76 valence electrons. The van der Waals surface area contributed by atoms with E-state index in [-0.39, 0.29) is 5.97 Å². The second kappa shape index (κ2) is 4.77. The van der Waals surface area contributed by atoms with E-state index in [1.54, 1.807) is 6.92 Å². The van der Waals surface area contributed by atoms with Gasteiger partial charge in [0.2, 0.25) is 0 Å².